The van der Waals surface area contributed by atoms with Crippen LogP contribution in [0.15, 0.2) is 67.3 Å². The van der Waals surface area contributed by atoms with Crippen LogP contribution >= 0.6 is 11.6 Å². The van der Waals surface area contributed by atoms with Gasteiger partial charge < -0.3 is 5.32 Å². The number of aromatic nitrogens is 6. The second kappa shape index (κ2) is 6.93. The van der Waals surface area contributed by atoms with Gasteiger partial charge in [-0.3, -0.25) is 14.3 Å². The smallest absolute Gasteiger partial charge is 0.270 e. The second-order valence-electron chi connectivity index (χ2n) is 8.49. The molecule has 32 heavy (non-hydrogen) atoms. The number of nitrogens with zero attached hydrogens (tertiary/aromatic N) is 6. The highest BCUT2D eigenvalue weighted by Gasteiger charge is 2.71. The minimum atomic E-state index is -0.221. The van der Waals surface area contributed by atoms with Crippen molar-refractivity contribution in [3.63, 3.8) is 0 Å². The van der Waals surface area contributed by atoms with Crippen molar-refractivity contribution in [1.82, 2.24) is 35.0 Å². The Morgan fingerprint density at radius 3 is 2.50 bits per heavy atom. The molecule has 7 rings (SSSR count). The number of carbonyl (C=O) groups excluding carboxylic acids is 1. The van der Waals surface area contributed by atoms with Gasteiger partial charge in [-0.25, -0.2) is 9.97 Å². The zero-order valence-corrected chi connectivity index (χ0v) is 17.7. The summed E-state index contributed by atoms with van der Waals surface area (Å²) in [5.41, 5.74) is 1.52. The second-order valence-corrected chi connectivity index (χ2v) is 8.90. The number of hydrogen-bond donors (Lipinski definition) is 1. The third kappa shape index (κ3) is 2.83. The monoisotopic (exact) mass is 443 g/mol. The molecule has 0 unspecified atom stereocenters. The third-order valence-electron chi connectivity index (χ3n) is 6.35. The van der Waals surface area contributed by atoms with Crippen molar-refractivity contribution in [2.75, 3.05) is 0 Å². The first-order chi connectivity index (χ1) is 15.6. The first kappa shape index (κ1) is 19.1. The topological polar surface area (TPSA) is 98.5 Å². The van der Waals surface area contributed by atoms with Crippen LogP contribution in [0.1, 0.15) is 35.6 Å². The van der Waals surface area contributed by atoms with E-state index in [1.165, 1.54) is 6.33 Å². The Kier molecular flexibility index (Phi) is 4.13. The number of amides is 1. The summed E-state index contributed by atoms with van der Waals surface area (Å²) in [7, 11) is 0. The van der Waals surface area contributed by atoms with Crippen molar-refractivity contribution < 1.29 is 4.79 Å². The fourth-order valence-electron chi connectivity index (χ4n) is 5.04. The first-order valence-electron chi connectivity index (χ1n) is 10.3. The average molecular weight is 444 g/mol. The Balaban J connectivity index is 1.33. The zero-order valence-electron chi connectivity index (χ0n) is 16.9. The number of para-hydroxylation sites is 1. The quantitative estimate of drug-likeness (QED) is 0.507. The van der Waals surface area contributed by atoms with Gasteiger partial charge in [-0.05, 0) is 49.6 Å². The zero-order chi connectivity index (χ0) is 21.8. The predicted molar refractivity (Wildman–Crippen MR) is 117 cm³/mol. The molecule has 9 heteroatoms. The molecule has 0 radical (unpaired) electrons. The number of rotatable bonds is 5. The van der Waals surface area contributed by atoms with Gasteiger partial charge in [-0.15, -0.1) is 10.2 Å². The van der Waals surface area contributed by atoms with E-state index >= 15 is 0 Å². The summed E-state index contributed by atoms with van der Waals surface area (Å²) in [4.78, 5) is 25.1. The van der Waals surface area contributed by atoms with Crippen molar-refractivity contribution >= 4 is 17.5 Å². The van der Waals surface area contributed by atoms with Crippen LogP contribution in [0.25, 0.3) is 17.2 Å². The molecule has 2 bridgehead atoms. The minimum Gasteiger partial charge on any atom is -0.345 e. The molecule has 0 atom stereocenters. The van der Waals surface area contributed by atoms with Gasteiger partial charge in [0.25, 0.3) is 5.91 Å². The predicted octanol–water partition coefficient (Wildman–Crippen LogP) is 3.38. The molecule has 3 aromatic heterocycles. The van der Waals surface area contributed by atoms with E-state index in [1.807, 2.05) is 34.9 Å². The number of halogens is 1. The van der Waals surface area contributed by atoms with Crippen molar-refractivity contribution in [3.05, 3.63) is 83.8 Å². The summed E-state index contributed by atoms with van der Waals surface area (Å²) in [6, 6.07) is 14.8. The summed E-state index contributed by atoms with van der Waals surface area (Å²) in [5.74, 6) is 1.31. The lowest BCUT2D eigenvalue weighted by Crippen LogP contribution is -2.77. The van der Waals surface area contributed by atoms with Crippen LogP contribution < -0.4 is 5.32 Å². The van der Waals surface area contributed by atoms with Gasteiger partial charge in [0.15, 0.2) is 5.82 Å². The van der Waals surface area contributed by atoms with Gasteiger partial charge in [-0.1, -0.05) is 29.8 Å². The molecule has 3 aliphatic rings. The number of carbonyl (C=O) groups is 1. The van der Waals surface area contributed by atoms with Crippen LogP contribution in [0.5, 0.6) is 0 Å². The number of pyridine rings is 1. The summed E-state index contributed by atoms with van der Waals surface area (Å²) in [6.45, 7) is 0. The lowest BCUT2D eigenvalue weighted by Gasteiger charge is -2.69. The molecule has 3 saturated carbocycles. The highest BCUT2D eigenvalue weighted by molar-refractivity contribution is 6.32. The van der Waals surface area contributed by atoms with E-state index in [4.69, 9.17) is 11.6 Å². The van der Waals surface area contributed by atoms with E-state index in [0.717, 1.165) is 30.8 Å². The molecule has 8 nitrogen and oxygen atoms in total. The van der Waals surface area contributed by atoms with Crippen molar-refractivity contribution in [3.8, 4) is 17.2 Å². The molecule has 3 fully saturated rings. The lowest BCUT2D eigenvalue weighted by molar-refractivity contribution is -0.0873. The van der Waals surface area contributed by atoms with E-state index in [0.29, 0.717) is 22.2 Å². The van der Waals surface area contributed by atoms with Crippen LogP contribution in [-0.2, 0) is 5.41 Å². The van der Waals surface area contributed by atoms with Gasteiger partial charge in [0.2, 0.25) is 0 Å². The Morgan fingerprint density at radius 2 is 1.78 bits per heavy atom. The molecule has 1 N–H and O–H groups in total. The van der Waals surface area contributed by atoms with Crippen LogP contribution in [0.3, 0.4) is 0 Å². The SMILES string of the molecule is O=C(NC12CC(c3nnc(-c4ccncn4)n3-c3ccccc3Cl)(C1)C2)c1ccccn1. The normalized spacial score (nSPS) is 23.2. The van der Waals surface area contributed by atoms with Crippen molar-refractivity contribution in [1.29, 1.82) is 0 Å². The average Bonchev–Trinajstić information content (AvgIpc) is 3.21. The molecule has 3 heterocycles. The van der Waals surface area contributed by atoms with Gasteiger partial charge in [0.1, 0.15) is 23.5 Å². The van der Waals surface area contributed by atoms with Crippen LogP contribution in [-0.4, -0.2) is 41.2 Å². The molecule has 1 aromatic carbocycles. The maximum atomic E-state index is 12.6. The van der Waals surface area contributed by atoms with E-state index in [1.54, 1.807) is 30.6 Å². The summed E-state index contributed by atoms with van der Waals surface area (Å²) >= 11 is 6.56. The molecule has 0 saturated heterocycles. The van der Waals surface area contributed by atoms with E-state index in [9.17, 15) is 4.79 Å². The van der Waals surface area contributed by atoms with Crippen LogP contribution in [0.4, 0.5) is 0 Å². The molecule has 4 aromatic rings. The number of nitrogens with one attached hydrogen (secondary N) is 1. The van der Waals surface area contributed by atoms with E-state index in [2.05, 4.69) is 30.5 Å². The Labute approximate surface area is 188 Å². The highest BCUT2D eigenvalue weighted by atomic mass is 35.5. The summed E-state index contributed by atoms with van der Waals surface area (Å²) in [5, 5.41) is 12.8. The summed E-state index contributed by atoms with van der Waals surface area (Å²) in [6.07, 6.45) is 7.18. The fourth-order valence-corrected chi connectivity index (χ4v) is 5.26. The summed E-state index contributed by atoms with van der Waals surface area (Å²) < 4.78 is 1.99. The molecule has 1 amide bonds. The third-order valence-corrected chi connectivity index (χ3v) is 6.67. The van der Waals surface area contributed by atoms with Crippen molar-refractivity contribution in [2.24, 2.45) is 0 Å². The molecular formula is C23H18ClN7O. The molecular weight excluding hydrogens is 426 g/mol. The maximum Gasteiger partial charge on any atom is 0.270 e. The van der Waals surface area contributed by atoms with Gasteiger partial charge in [0.05, 0.1) is 10.7 Å². The Hall–Kier alpha value is -3.65. The van der Waals surface area contributed by atoms with E-state index < -0.39 is 0 Å². The van der Waals surface area contributed by atoms with Gasteiger partial charge in [0, 0.05) is 23.3 Å². The molecule has 0 spiro atoms. The molecule has 0 aliphatic heterocycles. The first-order valence-corrected chi connectivity index (χ1v) is 10.7. The molecule has 158 valence electrons. The Bertz CT molecular complexity index is 1300. The fraction of sp³-hybridized carbons (Fsp3) is 0.217. The van der Waals surface area contributed by atoms with Crippen LogP contribution in [0, 0.1) is 0 Å². The standard InChI is InChI=1S/C23H18ClN7O/c24-15-5-1-2-7-18(15)31-19(16-8-10-25-14-27-16)29-30-21(31)22-11-23(12-22,13-22)28-20(32)17-6-3-4-9-26-17/h1-10,14H,11-13H2,(H,28,32). The van der Waals surface area contributed by atoms with E-state index in [-0.39, 0.29) is 16.9 Å². The maximum absolute atomic E-state index is 12.6. The van der Waals surface area contributed by atoms with Crippen LogP contribution in [0.2, 0.25) is 5.02 Å². The van der Waals surface area contributed by atoms with Gasteiger partial charge in [-0.2, -0.15) is 0 Å². The lowest BCUT2D eigenvalue weighted by atomic mass is 9.39. The Morgan fingerprint density at radius 1 is 0.969 bits per heavy atom. The molecule has 3 aliphatic carbocycles. The van der Waals surface area contributed by atoms with Crippen molar-refractivity contribution in [2.45, 2.75) is 30.2 Å². The van der Waals surface area contributed by atoms with Gasteiger partial charge >= 0.3 is 0 Å². The minimum absolute atomic E-state index is 0.145. The largest absolute Gasteiger partial charge is 0.345 e. The highest BCUT2D eigenvalue weighted by Crippen LogP contribution is 2.67. The number of benzene rings is 1. The number of hydrogen-bond acceptors (Lipinski definition) is 6.